The number of phenolic OH excluding ortho intramolecular Hbond substituents is 2. The summed E-state index contributed by atoms with van der Waals surface area (Å²) in [6.45, 7) is 0. The molecule has 0 fully saturated rings. The molecule has 0 amide bonds. The highest BCUT2D eigenvalue weighted by atomic mass is 35.5. The number of hydrogen-bond donors (Lipinski definition) is 2. The van der Waals surface area contributed by atoms with Crippen molar-refractivity contribution in [3.63, 3.8) is 0 Å². The molecule has 2 N–H and O–H groups in total. The normalized spacial score (nSPS) is 10.5. The average Bonchev–Trinajstić information content (AvgIpc) is 2.62. The summed E-state index contributed by atoms with van der Waals surface area (Å²) < 4.78 is 0. The molecule has 3 aromatic carbocycles. The Hall–Kier alpha value is -2.82. The van der Waals surface area contributed by atoms with Crippen LogP contribution in [0.25, 0.3) is 0 Å². The van der Waals surface area contributed by atoms with E-state index in [1.54, 1.807) is 30.3 Å². The predicted molar refractivity (Wildman–Crippen MR) is 99.5 cm³/mol. The van der Waals surface area contributed by atoms with E-state index in [0.717, 1.165) is 0 Å². The van der Waals surface area contributed by atoms with Crippen LogP contribution >= 0.6 is 23.2 Å². The van der Waals surface area contributed by atoms with Gasteiger partial charge in [0.2, 0.25) is 5.78 Å². The minimum Gasteiger partial charge on any atom is -0.507 e. The van der Waals surface area contributed by atoms with Gasteiger partial charge in [-0.05, 0) is 36.4 Å². The quantitative estimate of drug-likeness (QED) is 0.627. The van der Waals surface area contributed by atoms with Gasteiger partial charge in [-0.15, -0.1) is 0 Å². The van der Waals surface area contributed by atoms with E-state index in [9.17, 15) is 19.8 Å². The van der Waals surface area contributed by atoms with E-state index < -0.39 is 28.6 Å². The van der Waals surface area contributed by atoms with E-state index in [1.807, 2.05) is 0 Å². The maximum absolute atomic E-state index is 12.7. The van der Waals surface area contributed by atoms with Crippen molar-refractivity contribution in [3.05, 3.63) is 93.0 Å². The second-order valence-corrected chi connectivity index (χ2v) is 6.29. The molecule has 3 rings (SSSR count). The first kappa shape index (κ1) is 18.0. The van der Waals surface area contributed by atoms with Crippen molar-refractivity contribution < 1.29 is 19.8 Å². The fourth-order valence-corrected chi connectivity index (χ4v) is 3.00. The van der Waals surface area contributed by atoms with Crippen LogP contribution in [-0.4, -0.2) is 21.8 Å². The van der Waals surface area contributed by atoms with E-state index in [-0.39, 0.29) is 26.7 Å². The Kier molecular flexibility index (Phi) is 4.98. The van der Waals surface area contributed by atoms with Crippen molar-refractivity contribution in [1.82, 2.24) is 0 Å². The number of carbonyl (C=O) groups is 2. The molecular weight excluding hydrogens is 375 g/mol. The summed E-state index contributed by atoms with van der Waals surface area (Å²) in [5, 5.41) is 21.0. The summed E-state index contributed by atoms with van der Waals surface area (Å²) in [7, 11) is 0. The predicted octanol–water partition coefficient (Wildman–Crippen LogP) is 4.87. The lowest BCUT2D eigenvalue weighted by molar-refractivity contribution is 0.103. The van der Waals surface area contributed by atoms with Gasteiger partial charge in [0.1, 0.15) is 17.1 Å². The molecule has 0 aliphatic heterocycles. The van der Waals surface area contributed by atoms with E-state index >= 15 is 0 Å². The van der Waals surface area contributed by atoms with Crippen LogP contribution < -0.4 is 0 Å². The molecule has 0 saturated heterocycles. The molecular formula is C20H12Cl2O4. The number of rotatable bonds is 4. The Morgan fingerprint density at radius 1 is 0.654 bits per heavy atom. The second-order valence-electron chi connectivity index (χ2n) is 5.47. The van der Waals surface area contributed by atoms with Gasteiger partial charge in [0, 0.05) is 11.1 Å². The van der Waals surface area contributed by atoms with Crippen LogP contribution in [0.15, 0.2) is 60.7 Å². The van der Waals surface area contributed by atoms with Gasteiger partial charge in [-0.25, -0.2) is 0 Å². The zero-order chi connectivity index (χ0) is 18.8. The van der Waals surface area contributed by atoms with Crippen molar-refractivity contribution in [2.45, 2.75) is 0 Å². The maximum atomic E-state index is 12.7. The molecule has 0 aliphatic rings. The highest BCUT2D eigenvalue weighted by molar-refractivity contribution is 6.36. The van der Waals surface area contributed by atoms with Crippen LogP contribution in [0, 0.1) is 0 Å². The summed E-state index contributed by atoms with van der Waals surface area (Å²) in [4.78, 5) is 25.5. The Morgan fingerprint density at radius 2 is 1.15 bits per heavy atom. The first-order valence-corrected chi connectivity index (χ1v) is 8.30. The summed E-state index contributed by atoms with van der Waals surface area (Å²) in [5.41, 5.74) is -0.268. The zero-order valence-corrected chi connectivity index (χ0v) is 14.8. The van der Waals surface area contributed by atoms with Crippen LogP contribution in [0.4, 0.5) is 0 Å². The molecule has 0 unspecified atom stereocenters. The van der Waals surface area contributed by atoms with Crippen LogP contribution in [0.5, 0.6) is 11.5 Å². The number of hydrogen-bond acceptors (Lipinski definition) is 4. The Bertz CT molecular complexity index is 1030. The third-order valence-corrected chi connectivity index (χ3v) is 4.52. The third-order valence-electron chi connectivity index (χ3n) is 3.86. The minimum absolute atomic E-state index is 0.0992. The largest absolute Gasteiger partial charge is 0.507 e. The molecule has 0 atom stereocenters. The monoisotopic (exact) mass is 386 g/mol. The standard InChI is InChI=1S/C20H12Cl2O4/c21-14-7-3-1-5-11(14)18(24)13-9-10-16(23)17(20(13)26)19(25)12-6-2-4-8-15(12)22/h1-10,23,26H. The average molecular weight is 387 g/mol. The highest BCUT2D eigenvalue weighted by Crippen LogP contribution is 2.35. The number of phenols is 2. The van der Waals surface area contributed by atoms with Crippen molar-refractivity contribution in [2.24, 2.45) is 0 Å². The van der Waals surface area contributed by atoms with E-state index in [1.165, 1.54) is 30.3 Å². The first-order chi connectivity index (χ1) is 12.4. The fraction of sp³-hybridized carbons (Fsp3) is 0. The molecule has 130 valence electrons. The Balaban J connectivity index is 2.13. The number of halogens is 2. The van der Waals surface area contributed by atoms with E-state index in [2.05, 4.69) is 0 Å². The molecule has 0 bridgehead atoms. The van der Waals surface area contributed by atoms with Gasteiger partial charge in [0.15, 0.2) is 5.78 Å². The smallest absolute Gasteiger partial charge is 0.202 e. The SMILES string of the molecule is O=C(c1ccccc1Cl)c1ccc(O)c(C(=O)c2ccccc2Cl)c1O. The van der Waals surface area contributed by atoms with Crippen molar-refractivity contribution in [2.75, 3.05) is 0 Å². The molecule has 26 heavy (non-hydrogen) atoms. The molecule has 0 aromatic heterocycles. The summed E-state index contributed by atoms with van der Waals surface area (Å²) in [6, 6.07) is 15.0. The van der Waals surface area contributed by atoms with Crippen molar-refractivity contribution in [3.8, 4) is 11.5 Å². The maximum Gasteiger partial charge on any atom is 0.202 e. The number of ketones is 2. The summed E-state index contributed by atoms with van der Waals surface area (Å²) in [5.74, 6) is -2.34. The number of aromatic hydroxyl groups is 2. The third kappa shape index (κ3) is 3.17. The van der Waals surface area contributed by atoms with Gasteiger partial charge in [-0.2, -0.15) is 0 Å². The van der Waals surface area contributed by atoms with Crippen LogP contribution in [0.2, 0.25) is 10.0 Å². The van der Waals surface area contributed by atoms with Crippen LogP contribution in [0.1, 0.15) is 31.8 Å². The minimum atomic E-state index is -0.695. The topological polar surface area (TPSA) is 74.6 Å². The van der Waals surface area contributed by atoms with Gasteiger partial charge in [0.05, 0.1) is 15.6 Å². The lowest BCUT2D eigenvalue weighted by Crippen LogP contribution is -2.08. The second kappa shape index (κ2) is 7.20. The summed E-state index contributed by atoms with van der Waals surface area (Å²) in [6.07, 6.45) is 0. The van der Waals surface area contributed by atoms with Gasteiger partial charge < -0.3 is 10.2 Å². The van der Waals surface area contributed by atoms with Crippen LogP contribution in [0.3, 0.4) is 0 Å². The molecule has 3 aromatic rings. The highest BCUT2D eigenvalue weighted by Gasteiger charge is 2.26. The molecule has 6 heteroatoms. The van der Waals surface area contributed by atoms with Gasteiger partial charge in [0.25, 0.3) is 0 Å². The molecule has 0 saturated carbocycles. The van der Waals surface area contributed by atoms with Gasteiger partial charge in [-0.3, -0.25) is 9.59 Å². The van der Waals surface area contributed by atoms with E-state index in [4.69, 9.17) is 23.2 Å². The number of carbonyl (C=O) groups excluding carboxylic acids is 2. The van der Waals surface area contributed by atoms with Crippen molar-refractivity contribution in [1.29, 1.82) is 0 Å². The lowest BCUT2D eigenvalue weighted by atomic mass is 9.95. The lowest BCUT2D eigenvalue weighted by Gasteiger charge is -2.12. The van der Waals surface area contributed by atoms with Gasteiger partial charge in [-0.1, -0.05) is 47.5 Å². The molecule has 4 nitrogen and oxygen atoms in total. The zero-order valence-electron chi connectivity index (χ0n) is 13.2. The van der Waals surface area contributed by atoms with Crippen molar-refractivity contribution >= 4 is 34.8 Å². The molecule has 0 spiro atoms. The molecule has 0 aliphatic carbocycles. The van der Waals surface area contributed by atoms with Crippen LogP contribution in [-0.2, 0) is 0 Å². The number of benzene rings is 3. The molecule has 0 heterocycles. The Labute approximate surface area is 159 Å². The molecule has 0 radical (unpaired) electrons. The summed E-state index contributed by atoms with van der Waals surface area (Å²) >= 11 is 12.1. The first-order valence-electron chi connectivity index (χ1n) is 7.55. The fourth-order valence-electron chi connectivity index (χ4n) is 2.56. The van der Waals surface area contributed by atoms with E-state index in [0.29, 0.717) is 0 Å². The van der Waals surface area contributed by atoms with Gasteiger partial charge >= 0.3 is 0 Å². The Morgan fingerprint density at radius 3 is 1.69 bits per heavy atom.